The van der Waals surface area contributed by atoms with Crippen LogP contribution < -0.4 is 0 Å². The summed E-state index contributed by atoms with van der Waals surface area (Å²) in [6, 6.07) is 8.93. The lowest BCUT2D eigenvalue weighted by Gasteiger charge is -2.41. The van der Waals surface area contributed by atoms with Crippen LogP contribution in [-0.2, 0) is 11.2 Å². The fourth-order valence-corrected chi connectivity index (χ4v) is 4.64. The summed E-state index contributed by atoms with van der Waals surface area (Å²) in [5.41, 5.74) is 1.37. The second-order valence-electron chi connectivity index (χ2n) is 5.41. The first-order valence-corrected chi connectivity index (χ1v) is 10.4. The summed E-state index contributed by atoms with van der Waals surface area (Å²) in [5, 5.41) is 3.51. The number of ether oxygens (including phenoxy) is 1. The summed E-state index contributed by atoms with van der Waals surface area (Å²) in [4.78, 5) is 2.53. The highest BCUT2D eigenvalue weighted by Gasteiger charge is 2.33. The van der Waals surface area contributed by atoms with Crippen molar-refractivity contribution in [3.8, 4) is 0 Å². The number of benzene rings is 1. The van der Waals surface area contributed by atoms with Crippen LogP contribution in [0.1, 0.15) is 18.4 Å². The third-order valence-electron chi connectivity index (χ3n) is 3.92. The van der Waals surface area contributed by atoms with E-state index in [1.807, 2.05) is 0 Å². The topological polar surface area (TPSA) is 12.5 Å². The van der Waals surface area contributed by atoms with Gasteiger partial charge in [-0.15, -0.1) is 11.3 Å². The van der Waals surface area contributed by atoms with Gasteiger partial charge in [-0.2, -0.15) is 0 Å². The minimum absolute atomic E-state index is 0.239. The fraction of sp³-hybridized carbons (Fsp3) is 0.500. The summed E-state index contributed by atoms with van der Waals surface area (Å²) in [5.74, 6) is 0. The van der Waals surface area contributed by atoms with Crippen molar-refractivity contribution in [1.82, 2.24) is 4.90 Å². The lowest BCUT2D eigenvalue weighted by atomic mass is 10.1. The molecule has 0 spiro atoms. The Balaban J connectivity index is 1.39. The van der Waals surface area contributed by atoms with Gasteiger partial charge in [0.25, 0.3) is 0 Å². The number of alkyl halides is 2. The molecule has 2 heterocycles. The highest BCUT2D eigenvalue weighted by Crippen LogP contribution is 2.38. The van der Waals surface area contributed by atoms with Gasteiger partial charge in [0.1, 0.15) is 1.55 Å². The molecule has 1 aromatic carbocycles. The second-order valence-corrected chi connectivity index (χ2v) is 12.0. The largest absolute Gasteiger partial charge is 0.381 e. The molecule has 0 unspecified atom stereocenters. The zero-order valence-corrected chi connectivity index (χ0v) is 17.0. The van der Waals surface area contributed by atoms with Gasteiger partial charge in [-0.3, -0.25) is 4.90 Å². The maximum absolute atomic E-state index is 5.85. The second kappa shape index (κ2) is 7.42. The Bertz CT molecular complexity index is 595. The predicted octanol–water partition coefficient (Wildman–Crippen LogP) is 5.08. The molecule has 2 aromatic rings. The van der Waals surface area contributed by atoms with Crippen molar-refractivity contribution >= 4 is 66.6 Å². The van der Waals surface area contributed by atoms with Gasteiger partial charge in [0, 0.05) is 30.8 Å². The SMILES string of the molecule is IC(I)(CCOCCc1ccc2sccc2c1)N1CCC1. The molecule has 3 rings (SSSR count). The first-order valence-electron chi connectivity index (χ1n) is 7.32. The number of hydrogen-bond donors (Lipinski definition) is 0. The molecule has 0 aliphatic carbocycles. The van der Waals surface area contributed by atoms with E-state index in [1.165, 1.54) is 35.2 Å². The number of halogens is 2. The molecular formula is C16H19I2NOS. The third kappa shape index (κ3) is 4.31. The van der Waals surface area contributed by atoms with Gasteiger partial charge in [-0.25, -0.2) is 0 Å². The molecule has 1 saturated heterocycles. The number of hydrogen-bond acceptors (Lipinski definition) is 3. The highest BCUT2D eigenvalue weighted by atomic mass is 127. The Kier molecular flexibility index (Phi) is 5.80. The maximum atomic E-state index is 5.85. The Hall–Kier alpha value is 0.560. The molecule has 114 valence electrons. The van der Waals surface area contributed by atoms with Gasteiger partial charge in [-0.05, 0) is 86.5 Å². The van der Waals surface area contributed by atoms with Crippen LogP contribution in [-0.4, -0.2) is 32.8 Å². The molecular weight excluding hydrogens is 508 g/mol. The van der Waals surface area contributed by atoms with Crippen LogP contribution in [0.15, 0.2) is 29.6 Å². The molecule has 0 N–H and O–H groups in total. The Labute approximate surface area is 157 Å². The van der Waals surface area contributed by atoms with Gasteiger partial charge in [0.15, 0.2) is 0 Å². The molecule has 0 amide bonds. The van der Waals surface area contributed by atoms with Crippen molar-refractivity contribution in [2.24, 2.45) is 0 Å². The zero-order valence-electron chi connectivity index (χ0n) is 11.9. The van der Waals surface area contributed by atoms with Crippen molar-refractivity contribution in [2.45, 2.75) is 20.8 Å². The van der Waals surface area contributed by atoms with Crippen LogP contribution >= 0.6 is 56.5 Å². The Morgan fingerprint density at radius 2 is 2.05 bits per heavy atom. The summed E-state index contributed by atoms with van der Waals surface area (Å²) >= 11 is 6.92. The average molecular weight is 527 g/mol. The minimum Gasteiger partial charge on any atom is -0.381 e. The lowest BCUT2D eigenvalue weighted by molar-refractivity contribution is 0.0995. The van der Waals surface area contributed by atoms with Crippen LogP contribution in [0.4, 0.5) is 0 Å². The van der Waals surface area contributed by atoms with Crippen LogP contribution in [0.2, 0.25) is 0 Å². The van der Waals surface area contributed by atoms with E-state index in [9.17, 15) is 0 Å². The normalized spacial score (nSPS) is 16.3. The lowest BCUT2D eigenvalue weighted by Crippen LogP contribution is -2.48. The molecule has 1 aliphatic rings. The predicted molar refractivity (Wildman–Crippen MR) is 108 cm³/mol. The van der Waals surface area contributed by atoms with Gasteiger partial charge < -0.3 is 4.74 Å². The van der Waals surface area contributed by atoms with E-state index in [4.69, 9.17) is 4.74 Å². The van der Waals surface area contributed by atoms with Crippen LogP contribution in [0, 0.1) is 0 Å². The maximum Gasteiger partial charge on any atom is 0.127 e. The van der Waals surface area contributed by atoms with Gasteiger partial charge >= 0.3 is 0 Å². The summed E-state index contributed by atoms with van der Waals surface area (Å²) in [6.07, 6.45) is 3.45. The molecule has 0 saturated carbocycles. The van der Waals surface area contributed by atoms with E-state index in [-0.39, 0.29) is 1.55 Å². The smallest absolute Gasteiger partial charge is 0.127 e. The minimum atomic E-state index is 0.239. The number of nitrogens with zero attached hydrogens (tertiary/aromatic N) is 1. The zero-order chi connectivity index (χ0) is 14.7. The standard InChI is InChI=1S/C16H19I2NOS/c17-16(18,19-7-1-8-19)6-10-20-9-4-13-2-3-15-14(12-13)5-11-21-15/h2-3,5,11-12H,1,4,6-10H2. The first kappa shape index (κ1) is 16.4. The van der Waals surface area contributed by atoms with Gasteiger partial charge in [0.05, 0.1) is 6.61 Å². The van der Waals surface area contributed by atoms with Gasteiger partial charge in [0.2, 0.25) is 0 Å². The molecule has 21 heavy (non-hydrogen) atoms. The molecule has 0 atom stereocenters. The summed E-state index contributed by atoms with van der Waals surface area (Å²) in [6.45, 7) is 4.15. The van der Waals surface area contributed by atoms with Crippen molar-refractivity contribution in [1.29, 1.82) is 0 Å². The van der Waals surface area contributed by atoms with Crippen LogP contribution in [0.3, 0.4) is 0 Å². The van der Waals surface area contributed by atoms with E-state index < -0.39 is 0 Å². The van der Waals surface area contributed by atoms with Crippen LogP contribution in [0.5, 0.6) is 0 Å². The molecule has 1 aromatic heterocycles. The number of likely N-dealkylation sites (tertiary alicyclic amines) is 1. The van der Waals surface area contributed by atoms with E-state index in [0.29, 0.717) is 0 Å². The van der Waals surface area contributed by atoms with E-state index in [0.717, 1.165) is 26.1 Å². The monoisotopic (exact) mass is 527 g/mol. The first-order chi connectivity index (χ1) is 10.1. The number of thiophene rings is 1. The van der Waals surface area contributed by atoms with Crippen molar-refractivity contribution in [2.75, 3.05) is 26.3 Å². The molecule has 1 aliphatic heterocycles. The van der Waals surface area contributed by atoms with E-state index >= 15 is 0 Å². The Morgan fingerprint density at radius 1 is 1.19 bits per heavy atom. The summed E-state index contributed by atoms with van der Waals surface area (Å²) in [7, 11) is 0. The number of rotatable bonds is 7. The molecule has 0 radical (unpaired) electrons. The van der Waals surface area contributed by atoms with Crippen molar-refractivity contribution < 1.29 is 4.74 Å². The fourth-order valence-electron chi connectivity index (χ4n) is 2.46. The summed E-state index contributed by atoms with van der Waals surface area (Å²) < 4.78 is 7.46. The average Bonchev–Trinajstić information content (AvgIpc) is 2.82. The highest BCUT2D eigenvalue weighted by molar-refractivity contribution is 14.2. The van der Waals surface area contributed by atoms with E-state index in [2.05, 4.69) is 79.7 Å². The van der Waals surface area contributed by atoms with Crippen LogP contribution in [0.25, 0.3) is 10.1 Å². The third-order valence-corrected chi connectivity index (χ3v) is 7.26. The number of fused-ring (bicyclic) bond motifs is 1. The van der Waals surface area contributed by atoms with E-state index in [1.54, 1.807) is 11.3 Å². The quantitative estimate of drug-likeness (QED) is 0.216. The van der Waals surface area contributed by atoms with Crippen molar-refractivity contribution in [3.05, 3.63) is 35.2 Å². The molecule has 5 heteroatoms. The molecule has 2 nitrogen and oxygen atoms in total. The molecule has 0 bridgehead atoms. The van der Waals surface area contributed by atoms with Gasteiger partial charge in [-0.1, -0.05) is 12.1 Å². The van der Waals surface area contributed by atoms with Crippen molar-refractivity contribution in [3.63, 3.8) is 0 Å². The molecule has 1 fully saturated rings. The Morgan fingerprint density at radius 3 is 2.81 bits per heavy atom.